The molecule has 0 saturated heterocycles. The molecular formula is C30H25FN2O2. The lowest BCUT2D eigenvalue weighted by atomic mass is 9.95. The van der Waals surface area contributed by atoms with Gasteiger partial charge in [-0.1, -0.05) is 48.5 Å². The van der Waals surface area contributed by atoms with Gasteiger partial charge >= 0.3 is 0 Å². The van der Waals surface area contributed by atoms with Crippen molar-refractivity contribution in [2.24, 2.45) is 0 Å². The van der Waals surface area contributed by atoms with Gasteiger partial charge in [0.25, 0.3) is 11.8 Å². The van der Waals surface area contributed by atoms with Crippen LogP contribution in [0.4, 0.5) is 15.8 Å². The van der Waals surface area contributed by atoms with Crippen LogP contribution < -0.4 is 10.2 Å². The Hall–Kier alpha value is -4.25. The van der Waals surface area contributed by atoms with Crippen LogP contribution in [0.15, 0.2) is 91.0 Å². The number of aryl methyl sites for hydroxylation is 3. The number of halogens is 1. The van der Waals surface area contributed by atoms with Crippen molar-refractivity contribution in [3.8, 4) is 0 Å². The van der Waals surface area contributed by atoms with Crippen LogP contribution in [0.3, 0.4) is 0 Å². The first kappa shape index (κ1) is 22.5. The number of para-hydroxylation sites is 1. The summed E-state index contributed by atoms with van der Waals surface area (Å²) < 4.78 is 13.6. The minimum Gasteiger partial charge on any atom is -0.322 e. The maximum atomic E-state index is 13.7. The second-order valence-corrected chi connectivity index (χ2v) is 8.78. The van der Waals surface area contributed by atoms with Crippen molar-refractivity contribution in [1.29, 1.82) is 0 Å². The van der Waals surface area contributed by atoms with E-state index < -0.39 is 11.7 Å². The van der Waals surface area contributed by atoms with E-state index in [1.165, 1.54) is 17.7 Å². The van der Waals surface area contributed by atoms with E-state index in [0.29, 0.717) is 23.4 Å². The van der Waals surface area contributed by atoms with E-state index in [-0.39, 0.29) is 11.5 Å². The number of nitrogens with one attached hydrogen (secondary N) is 1. The molecule has 0 spiro atoms. The molecule has 0 fully saturated rings. The summed E-state index contributed by atoms with van der Waals surface area (Å²) in [7, 11) is 0. The molecule has 1 heterocycles. The number of hydrogen-bond acceptors (Lipinski definition) is 2. The Morgan fingerprint density at radius 3 is 2.23 bits per heavy atom. The summed E-state index contributed by atoms with van der Waals surface area (Å²) in [5, 5.41) is 2.79. The fraction of sp³-hybridized carbons (Fsp3) is 0.133. The van der Waals surface area contributed by atoms with Crippen molar-refractivity contribution in [2.45, 2.75) is 26.3 Å². The van der Waals surface area contributed by atoms with Crippen LogP contribution in [0.5, 0.6) is 0 Å². The monoisotopic (exact) mass is 464 g/mol. The topological polar surface area (TPSA) is 49.4 Å². The van der Waals surface area contributed by atoms with Gasteiger partial charge in [-0.2, -0.15) is 0 Å². The third kappa shape index (κ3) is 4.71. The van der Waals surface area contributed by atoms with Gasteiger partial charge in [-0.05, 0) is 84.5 Å². The van der Waals surface area contributed by atoms with Gasteiger partial charge in [0.15, 0.2) is 0 Å². The molecule has 4 aromatic carbocycles. The van der Waals surface area contributed by atoms with E-state index in [2.05, 4.69) is 23.5 Å². The normalized spacial score (nSPS) is 12.7. The molecule has 0 bridgehead atoms. The molecule has 0 saturated carbocycles. The molecule has 0 atom stereocenters. The Morgan fingerprint density at radius 1 is 0.800 bits per heavy atom. The highest BCUT2D eigenvalue weighted by atomic mass is 19.1. The molecule has 4 nitrogen and oxygen atoms in total. The Labute approximate surface area is 204 Å². The Kier molecular flexibility index (Phi) is 6.15. The Balaban J connectivity index is 1.40. The number of carbonyl (C=O) groups is 2. The van der Waals surface area contributed by atoms with Gasteiger partial charge in [-0.15, -0.1) is 0 Å². The fourth-order valence-corrected chi connectivity index (χ4v) is 4.54. The van der Waals surface area contributed by atoms with Crippen LogP contribution in [0.25, 0.3) is 0 Å². The maximum Gasteiger partial charge on any atom is 0.258 e. The number of carbonyl (C=O) groups excluding carboxylic acids is 2. The van der Waals surface area contributed by atoms with Gasteiger partial charge in [0, 0.05) is 22.5 Å². The fourth-order valence-electron chi connectivity index (χ4n) is 4.54. The predicted molar refractivity (Wildman–Crippen MR) is 136 cm³/mol. The third-order valence-corrected chi connectivity index (χ3v) is 6.47. The van der Waals surface area contributed by atoms with Crippen molar-refractivity contribution < 1.29 is 14.0 Å². The Morgan fingerprint density at radius 2 is 1.46 bits per heavy atom. The molecule has 1 N–H and O–H groups in total. The molecule has 174 valence electrons. The summed E-state index contributed by atoms with van der Waals surface area (Å²) in [6.07, 6.45) is 1.80. The molecule has 0 radical (unpaired) electrons. The summed E-state index contributed by atoms with van der Waals surface area (Å²) in [6, 6.07) is 27.2. The summed E-state index contributed by atoms with van der Waals surface area (Å²) >= 11 is 0. The molecule has 0 unspecified atom stereocenters. The van der Waals surface area contributed by atoms with E-state index >= 15 is 0 Å². The molecule has 1 aliphatic rings. The van der Waals surface area contributed by atoms with Crippen LogP contribution in [0.1, 0.15) is 43.0 Å². The first-order chi connectivity index (χ1) is 17.0. The van der Waals surface area contributed by atoms with Gasteiger partial charge in [-0.25, -0.2) is 4.39 Å². The second-order valence-electron chi connectivity index (χ2n) is 8.78. The highest BCUT2D eigenvalue weighted by Gasteiger charge is 2.23. The predicted octanol–water partition coefficient (Wildman–Crippen LogP) is 6.33. The number of hydrogen-bond donors (Lipinski definition) is 1. The lowest BCUT2D eigenvalue weighted by molar-refractivity contribution is 0.0983. The van der Waals surface area contributed by atoms with Crippen molar-refractivity contribution in [3.05, 3.63) is 130 Å². The van der Waals surface area contributed by atoms with E-state index in [1.807, 2.05) is 35.2 Å². The quantitative estimate of drug-likeness (QED) is 0.385. The number of anilines is 2. The SMILES string of the molecule is Cc1ccc(F)cc1C(=O)Nc1ccc(C(=O)N2Cc3ccccc3CCc3ccccc32)cc1. The van der Waals surface area contributed by atoms with E-state index in [0.717, 1.165) is 29.7 Å². The molecule has 5 rings (SSSR count). The summed E-state index contributed by atoms with van der Waals surface area (Å²) in [6.45, 7) is 2.25. The molecule has 35 heavy (non-hydrogen) atoms. The number of rotatable bonds is 3. The molecule has 0 aliphatic carbocycles. The highest BCUT2D eigenvalue weighted by Crippen LogP contribution is 2.30. The third-order valence-electron chi connectivity index (χ3n) is 6.47. The summed E-state index contributed by atoms with van der Waals surface area (Å²) in [5.74, 6) is -0.958. The summed E-state index contributed by atoms with van der Waals surface area (Å²) in [5.41, 5.74) is 6.49. The van der Waals surface area contributed by atoms with Crippen LogP contribution in [0, 0.1) is 12.7 Å². The molecule has 5 heteroatoms. The largest absolute Gasteiger partial charge is 0.322 e. The zero-order valence-electron chi connectivity index (χ0n) is 19.4. The lowest BCUT2D eigenvalue weighted by Crippen LogP contribution is -2.32. The smallest absolute Gasteiger partial charge is 0.258 e. The van der Waals surface area contributed by atoms with Crippen LogP contribution in [-0.4, -0.2) is 11.8 Å². The van der Waals surface area contributed by atoms with Gasteiger partial charge in [0.1, 0.15) is 5.82 Å². The summed E-state index contributed by atoms with van der Waals surface area (Å²) in [4.78, 5) is 28.1. The zero-order chi connectivity index (χ0) is 24.4. The molecule has 0 aromatic heterocycles. The van der Waals surface area contributed by atoms with E-state index in [4.69, 9.17) is 0 Å². The zero-order valence-corrected chi connectivity index (χ0v) is 19.4. The van der Waals surface area contributed by atoms with E-state index in [1.54, 1.807) is 37.3 Å². The lowest BCUT2D eigenvalue weighted by Gasteiger charge is -2.29. The average molecular weight is 465 g/mol. The maximum absolute atomic E-state index is 13.7. The van der Waals surface area contributed by atoms with Crippen LogP contribution in [0.2, 0.25) is 0 Å². The minimum atomic E-state index is -0.461. The van der Waals surface area contributed by atoms with Crippen LogP contribution >= 0.6 is 0 Å². The minimum absolute atomic E-state index is 0.104. The number of amides is 2. The van der Waals surface area contributed by atoms with Crippen molar-refractivity contribution >= 4 is 23.2 Å². The van der Waals surface area contributed by atoms with Crippen LogP contribution in [-0.2, 0) is 19.4 Å². The first-order valence-electron chi connectivity index (χ1n) is 11.6. The molecule has 1 aliphatic heterocycles. The molecule has 4 aromatic rings. The van der Waals surface area contributed by atoms with Gasteiger partial charge < -0.3 is 10.2 Å². The molecule has 2 amide bonds. The number of benzene rings is 4. The highest BCUT2D eigenvalue weighted by molar-refractivity contribution is 6.08. The first-order valence-corrected chi connectivity index (χ1v) is 11.6. The van der Waals surface area contributed by atoms with Gasteiger partial charge in [0.2, 0.25) is 0 Å². The number of nitrogens with zero attached hydrogens (tertiary/aromatic N) is 1. The number of fused-ring (bicyclic) bond motifs is 2. The van der Waals surface area contributed by atoms with Crippen molar-refractivity contribution in [1.82, 2.24) is 0 Å². The average Bonchev–Trinajstić information content (AvgIpc) is 2.87. The standard InChI is InChI=1S/C30H25FN2O2/c1-20-10-15-25(31)18-27(20)29(34)32-26-16-13-23(14-17-26)30(35)33-19-24-8-3-2-6-21(24)11-12-22-7-4-5-9-28(22)33/h2-10,13-18H,11-12,19H2,1H3,(H,32,34). The second kappa shape index (κ2) is 9.55. The van der Waals surface area contributed by atoms with Crippen molar-refractivity contribution in [2.75, 3.05) is 10.2 Å². The van der Waals surface area contributed by atoms with Gasteiger partial charge in [-0.3, -0.25) is 9.59 Å². The molecular weight excluding hydrogens is 439 g/mol. The van der Waals surface area contributed by atoms with Crippen molar-refractivity contribution in [3.63, 3.8) is 0 Å². The van der Waals surface area contributed by atoms with Gasteiger partial charge in [0.05, 0.1) is 6.54 Å². The van der Waals surface area contributed by atoms with E-state index in [9.17, 15) is 14.0 Å². The Bertz CT molecular complexity index is 1410.